The maximum atomic E-state index is 12.0. The van der Waals surface area contributed by atoms with Gasteiger partial charge < -0.3 is 10.3 Å². The minimum atomic E-state index is -0.0391. The molecule has 0 saturated carbocycles. The SMILES string of the molecule is Cc1ccc(=O)n(CCN2CCCCC2CNc2ncnc3cc(C)[nH]c23)n1. The summed E-state index contributed by atoms with van der Waals surface area (Å²) in [6.07, 6.45) is 5.17. The molecule has 0 aliphatic carbocycles. The fraction of sp³-hybridized carbons (Fsp3) is 0.500. The third-order valence-electron chi connectivity index (χ3n) is 5.41. The Labute approximate surface area is 164 Å². The number of aryl methyl sites for hydroxylation is 2. The highest BCUT2D eigenvalue weighted by molar-refractivity contribution is 5.86. The van der Waals surface area contributed by atoms with Gasteiger partial charge in [-0.05, 0) is 45.4 Å². The van der Waals surface area contributed by atoms with Crippen LogP contribution < -0.4 is 10.9 Å². The molecule has 0 bridgehead atoms. The highest BCUT2D eigenvalue weighted by Crippen LogP contribution is 2.21. The van der Waals surface area contributed by atoms with Gasteiger partial charge in [0.2, 0.25) is 0 Å². The molecule has 8 nitrogen and oxygen atoms in total. The largest absolute Gasteiger partial charge is 0.367 e. The number of nitrogens with one attached hydrogen (secondary N) is 2. The molecule has 4 rings (SSSR count). The van der Waals surface area contributed by atoms with Crippen molar-refractivity contribution in [1.82, 2.24) is 29.6 Å². The fourth-order valence-electron chi connectivity index (χ4n) is 3.94. The minimum Gasteiger partial charge on any atom is -0.367 e. The molecule has 28 heavy (non-hydrogen) atoms. The molecule has 1 saturated heterocycles. The van der Waals surface area contributed by atoms with Gasteiger partial charge in [0.25, 0.3) is 5.56 Å². The summed E-state index contributed by atoms with van der Waals surface area (Å²) in [5.74, 6) is 0.847. The number of fused-ring (bicyclic) bond motifs is 1. The maximum absolute atomic E-state index is 12.0. The van der Waals surface area contributed by atoms with E-state index in [2.05, 4.69) is 30.3 Å². The molecule has 4 heterocycles. The van der Waals surface area contributed by atoms with E-state index >= 15 is 0 Å². The van der Waals surface area contributed by atoms with Crippen LogP contribution >= 0.6 is 0 Å². The quantitative estimate of drug-likeness (QED) is 0.679. The Morgan fingerprint density at radius 3 is 3.00 bits per heavy atom. The van der Waals surface area contributed by atoms with Crippen molar-refractivity contribution in [2.24, 2.45) is 0 Å². The zero-order valence-corrected chi connectivity index (χ0v) is 16.5. The van der Waals surface area contributed by atoms with E-state index in [0.717, 1.165) is 54.3 Å². The van der Waals surface area contributed by atoms with Crippen LogP contribution in [0.15, 0.2) is 29.3 Å². The van der Waals surface area contributed by atoms with E-state index in [1.165, 1.54) is 12.8 Å². The first kappa shape index (κ1) is 18.6. The molecular weight excluding hydrogens is 354 g/mol. The Bertz CT molecular complexity index is 1010. The Hall–Kier alpha value is -2.74. The first-order valence-corrected chi connectivity index (χ1v) is 9.93. The molecule has 1 aliphatic rings. The molecule has 3 aromatic rings. The Morgan fingerprint density at radius 1 is 1.21 bits per heavy atom. The number of piperidine rings is 1. The molecule has 148 valence electrons. The van der Waals surface area contributed by atoms with Crippen LogP contribution in [0.4, 0.5) is 5.82 Å². The lowest BCUT2D eigenvalue weighted by Gasteiger charge is -2.35. The van der Waals surface area contributed by atoms with Gasteiger partial charge in [-0.15, -0.1) is 0 Å². The van der Waals surface area contributed by atoms with Crippen LogP contribution in [0.3, 0.4) is 0 Å². The summed E-state index contributed by atoms with van der Waals surface area (Å²) in [7, 11) is 0. The Balaban J connectivity index is 1.42. The predicted molar refractivity (Wildman–Crippen MR) is 110 cm³/mol. The lowest BCUT2D eigenvalue weighted by molar-refractivity contribution is 0.148. The summed E-state index contributed by atoms with van der Waals surface area (Å²) in [4.78, 5) is 26.6. The summed E-state index contributed by atoms with van der Waals surface area (Å²) >= 11 is 0. The molecule has 1 atom stereocenters. The van der Waals surface area contributed by atoms with Gasteiger partial charge >= 0.3 is 0 Å². The van der Waals surface area contributed by atoms with Crippen LogP contribution in [0, 0.1) is 13.8 Å². The van der Waals surface area contributed by atoms with Gasteiger partial charge in [-0.25, -0.2) is 14.6 Å². The monoisotopic (exact) mass is 381 g/mol. The summed E-state index contributed by atoms with van der Waals surface area (Å²) in [5, 5.41) is 7.86. The number of nitrogens with zero attached hydrogens (tertiary/aromatic N) is 5. The molecule has 8 heteroatoms. The van der Waals surface area contributed by atoms with Gasteiger partial charge in [0.15, 0.2) is 5.82 Å². The normalized spacial score (nSPS) is 17.9. The van der Waals surface area contributed by atoms with Gasteiger partial charge in [-0.2, -0.15) is 5.10 Å². The van der Waals surface area contributed by atoms with E-state index in [-0.39, 0.29) is 5.56 Å². The second-order valence-electron chi connectivity index (χ2n) is 7.54. The van der Waals surface area contributed by atoms with Crippen molar-refractivity contribution in [3.63, 3.8) is 0 Å². The number of aromatic amines is 1. The number of likely N-dealkylation sites (tertiary alicyclic amines) is 1. The third kappa shape index (κ3) is 4.06. The average Bonchev–Trinajstić information content (AvgIpc) is 3.08. The number of anilines is 1. The zero-order chi connectivity index (χ0) is 19.5. The van der Waals surface area contributed by atoms with Crippen LogP contribution in [0.2, 0.25) is 0 Å². The van der Waals surface area contributed by atoms with Crippen LogP contribution in [0.1, 0.15) is 30.7 Å². The molecule has 0 radical (unpaired) electrons. The smallest absolute Gasteiger partial charge is 0.266 e. The molecule has 0 aromatic carbocycles. The van der Waals surface area contributed by atoms with Gasteiger partial charge in [0.1, 0.15) is 11.8 Å². The minimum absolute atomic E-state index is 0.0391. The topological polar surface area (TPSA) is 91.7 Å². The van der Waals surface area contributed by atoms with Crippen LogP contribution in [-0.2, 0) is 6.54 Å². The zero-order valence-electron chi connectivity index (χ0n) is 16.5. The average molecular weight is 381 g/mol. The van der Waals surface area contributed by atoms with Gasteiger partial charge in [-0.3, -0.25) is 9.69 Å². The second kappa shape index (κ2) is 8.10. The van der Waals surface area contributed by atoms with Crippen molar-refractivity contribution in [2.45, 2.75) is 45.7 Å². The molecule has 0 amide bonds. The molecule has 2 N–H and O–H groups in total. The predicted octanol–water partition coefficient (Wildman–Crippen LogP) is 2.10. The number of hydrogen-bond donors (Lipinski definition) is 2. The Morgan fingerprint density at radius 2 is 2.11 bits per heavy atom. The lowest BCUT2D eigenvalue weighted by Crippen LogP contribution is -2.45. The third-order valence-corrected chi connectivity index (χ3v) is 5.41. The van der Waals surface area contributed by atoms with E-state index in [1.54, 1.807) is 23.1 Å². The maximum Gasteiger partial charge on any atom is 0.266 e. The summed E-state index contributed by atoms with van der Waals surface area (Å²) in [6, 6.07) is 5.80. The summed E-state index contributed by atoms with van der Waals surface area (Å²) < 4.78 is 1.57. The van der Waals surface area contributed by atoms with Crippen molar-refractivity contribution >= 4 is 16.9 Å². The molecule has 1 fully saturated rings. The Kier molecular flexibility index (Phi) is 5.38. The highest BCUT2D eigenvalue weighted by Gasteiger charge is 2.22. The highest BCUT2D eigenvalue weighted by atomic mass is 16.1. The molecule has 0 spiro atoms. The van der Waals surface area contributed by atoms with E-state index in [9.17, 15) is 4.79 Å². The van der Waals surface area contributed by atoms with Crippen molar-refractivity contribution < 1.29 is 0 Å². The van der Waals surface area contributed by atoms with Crippen LogP contribution in [0.5, 0.6) is 0 Å². The molecular formula is C20H27N7O. The van der Waals surface area contributed by atoms with Crippen LogP contribution in [0.25, 0.3) is 11.0 Å². The van der Waals surface area contributed by atoms with Gasteiger partial charge in [0.05, 0.1) is 17.8 Å². The van der Waals surface area contributed by atoms with Crippen LogP contribution in [-0.4, -0.2) is 55.3 Å². The van der Waals surface area contributed by atoms with E-state index < -0.39 is 0 Å². The second-order valence-corrected chi connectivity index (χ2v) is 7.54. The fourth-order valence-corrected chi connectivity index (χ4v) is 3.94. The number of rotatable bonds is 6. The van der Waals surface area contributed by atoms with Crippen molar-refractivity contribution in [1.29, 1.82) is 0 Å². The van der Waals surface area contributed by atoms with E-state index in [0.29, 0.717) is 12.6 Å². The van der Waals surface area contributed by atoms with E-state index in [1.807, 2.05) is 19.9 Å². The standard InChI is InChI=1S/C20H27N7O/c1-14-6-7-18(28)27(25-14)10-9-26-8-4-3-5-16(26)12-21-20-19-17(22-13-23-20)11-15(2)24-19/h6-7,11,13,16,24H,3-5,8-10,12H2,1-2H3,(H,21,22,23). The van der Waals surface area contributed by atoms with Crippen molar-refractivity contribution in [3.05, 3.63) is 46.3 Å². The number of aromatic nitrogens is 5. The molecule has 3 aromatic heterocycles. The molecule has 1 unspecified atom stereocenters. The van der Waals surface area contributed by atoms with Crippen molar-refractivity contribution in [2.75, 3.05) is 25.0 Å². The van der Waals surface area contributed by atoms with E-state index in [4.69, 9.17) is 0 Å². The first-order valence-electron chi connectivity index (χ1n) is 9.93. The van der Waals surface area contributed by atoms with Gasteiger partial charge in [-0.1, -0.05) is 6.42 Å². The van der Waals surface area contributed by atoms with Gasteiger partial charge in [0, 0.05) is 30.9 Å². The summed E-state index contributed by atoms with van der Waals surface area (Å²) in [5.41, 5.74) is 3.79. The lowest BCUT2D eigenvalue weighted by atomic mass is 10.0. The number of H-pyrrole nitrogens is 1. The molecule has 1 aliphatic heterocycles. The van der Waals surface area contributed by atoms with Crippen molar-refractivity contribution in [3.8, 4) is 0 Å². The summed E-state index contributed by atoms with van der Waals surface area (Å²) in [6.45, 7) is 7.24. The number of hydrogen-bond acceptors (Lipinski definition) is 6. The first-order chi connectivity index (χ1) is 13.6.